The Balaban J connectivity index is 0.00000133. The number of ether oxygens (including phenoxy) is 1. The summed E-state index contributed by atoms with van der Waals surface area (Å²) in [6.45, 7) is 1.30. The van der Waals surface area contributed by atoms with Gasteiger partial charge in [-0.3, -0.25) is 4.98 Å². The fourth-order valence-corrected chi connectivity index (χ4v) is 2.43. The number of halogens is 1. The van der Waals surface area contributed by atoms with E-state index in [1.165, 1.54) is 16.7 Å². The number of benzene rings is 1. The standard InChI is InChI=1S/C15H16N2O.ClH/c16-9-15-14-8-12(13-2-1-6-17-10-13)4-3-11(14)5-7-18-15;/h1-4,6,8,10,15H,5,7,9,16H2;1H/t15-;/m1./s1. The molecular weight excluding hydrogens is 260 g/mol. The van der Waals surface area contributed by atoms with Crippen LogP contribution in [0.4, 0.5) is 0 Å². The molecule has 0 fully saturated rings. The number of nitrogens with zero attached hydrogens (tertiary/aromatic N) is 1. The van der Waals surface area contributed by atoms with Gasteiger partial charge in [-0.15, -0.1) is 12.4 Å². The monoisotopic (exact) mass is 276 g/mol. The molecule has 19 heavy (non-hydrogen) atoms. The first-order chi connectivity index (χ1) is 8.88. The largest absolute Gasteiger partial charge is 0.372 e. The van der Waals surface area contributed by atoms with E-state index in [0.29, 0.717) is 6.54 Å². The quantitative estimate of drug-likeness (QED) is 0.917. The fourth-order valence-electron chi connectivity index (χ4n) is 2.43. The minimum Gasteiger partial charge on any atom is -0.372 e. The summed E-state index contributed by atoms with van der Waals surface area (Å²) in [6.07, 6.45) is 4.67. The maximum Gasteiger partial charge on any atom is 0.0950 e. The maximum atomic E-state index is 5.77. The molecule has 0 amide bonds. The van der Waals surface area contributed by atoms with E-state index in [0.717, 1.165) is 18.6 Å². The minimum absolute atomic E-state index is 0. The van der Waals surface area contributed by atoms with Crippen molar-refractivity contribution < 1.29 is 4.74 Å². The van der Waals surface area contributed by atoms with Crippen LogP contribution >= 0.6 is 12.4 Å². The Morgan fingerprint density at radius 1 is 1.26 bits per heavy atom. The van der Waals surface area contributed by atoms with Crippen LogP contribution < -0.4 is 5.73 Å². The first kappa shape index (κ1) is 14.0. The number of aromatic nitrogens is 1. The van der Waals surface area contributed by atoms with Crippen LogP contribution in [-0.4, -0.2) is 18.1 Å². The van der Waals surface area contributed by atoms with Crippen LogP contribution in [-0.2, 0) is 11.2 Å². The Morgan fingerprint density at radius 2 is 2.16 bits per heavy atom. The molecule has 1 aromatic heterocycles. The van der Waals surface area contributed by atoms with Crippen LogP contribution in [0, 0.1) is 0 Å². The highest BCUT2D eigenvalue weighted by molar-refractivity contribution is 5.85. The lowest BCUT2D eigenvalue weighted by atomic mass is 9.93. The topological polar surface area (TPSA) is 48.1 Å². The van der Waals surface area contributed by atoms with Crippen molar-refractivity contribution in [1.29, 1.82) is 0 Å². The lowest BCUT2D eigenvalue weighted by Gasteiger charge is -2.25. The third kappa shape index (κ3) is 2.78. The molecule has 1 aliphatic rings. The molecule has 3 nitrogen and oxygen atoms in total. The van der Waals surface area contributed by atoms with Gasteiger partial charge in [-0.25, -0.2) is 0 Å². The first-order valence-corrected chi connectivity index (χ1v) is 6.23. The Morgan fingerprint density at radius 3 is 2.89 bits per heavy atom. The Hall–Kier alpha value is -1.42. The average molecular weight is 277 g/mol. The normalized spacial score (nSPS) is 17.4. The Bertz CT molecular complexity index is 545. The number of pyridine rings is 1. The molecule has 0 bridgehead atoms. The zero-order valence-corrected chi connectivity index (χ0v) is 11.4. The van der Waals surface area contributed by atoms with Gasteiger partial charge >= 0.3 is 0 Å². The molecule has 2 N–H and O–H groups in total. The number of rotatable bonds is 2. The van der Waals surface area contributed by atoms with Crippen molar-refractivity contribution >= 4 is 12.4 Å². The van der Waals surface area contributed by atoms with E-state index >= 15 is 0 Å². The SMILES string of the molecule is Cl.NC[C@H]1OCCc2ccc(-c3cccnc3)cc21. The summed E-state index contributed by atoms with van der Waals surface area (Å²) in [5, 5.41) is 0. The zero-order valence-electron chi connectivity index (χ0n) is 10.6. The van der Waals surface area contributed by atoms with Crippen molar-refractivity contribution in [3.05, 3.63) is 53.9 Å². The van der Waals surface area contributed by atoms with Gasteiger partial charge in [-0.05, 0) is 40.8 Å². The van der Waals surface area contributed by atoms with Crippen molar-refractivity contribution in [2.24, 2.45) is 5.73 Å². The summed E-state index contributed by atoms with van der Waals surface area (Å²) in [5.41, 5.74) is 10.6. The summed E-state index contributed by atoms with van der Waals surface area (Å²) in [5.74, 6) is 0. The molecular formula is C15H17ClN2O. The van der Waals surface area contributed by atoms with Gasteiger partial charge in [0, 0.05) is 18.9 Å². The predicted molar refractivity (Wildman–Crippen MR) is 78.4 cm³/mol. The highest BCUT2D eigenvalue weighted by Gasteiger charge is 2.19. The van der Waals surface area contributed by atoms with Gasteiger partial charge in [-0.1, -0.05) is 18.2 Å². The smallest absolute Gasteiger partial charge is 0.0950 e. The van der Waals surface area contributed by atoms with Crippen molar-refractivity contribution in [2.75, 3.05) is 13.2 Å². The number of hydrogen-bond acceptors (Lipinski definition) is 3. The molecule has 0 spiro atoms. The summed E-state index contributed by atoms with van der Waals surface area (Å²) >= 11 is 0. The van der Waals surface area contributed by atoms with Crippen molar-refractivity contribution in [1.82, 2.24) is 4.98 Å². The summed E-state index contributed by atoms with van der Waals surface area (Å²) in [7, 11) is 0. The zero-order chi connectivity index (χ0) is 12.4. The van der Waals surface area contributed by atoms with E-state index in [-0.39, 0.29) is 18.5 Å². The fraction of sp³-hybridized carbons (Fsp3) is 0.267. The van der Waals surface area contributed by atoms with Gasteiger partial charge < -0.3 is 10.5 Å². The van der Waals surface area contributed by atoms with Crippen LogP contribution in [0.15, 0.2) is 42.7 Å². The predicted octanol–water partition coefficient (Wildman–Crippen LogP) is 2.74. The first-order valence-electron chi connectivity index (χ1n) is 6.23. The van der Waals surface area contributed by atoms with E-state index in [4.69, 9.17) is 10.5 Å². The van der Waals surface area contributed by atoms with Gasteiger partial charge in [-0.2, -0.15) is 0 Å². The molecule has 0 aliphatic carbocycles. The number of nitrogens with two attached hydrogens (primary N) is 1. The third-order valence-electron chi connectivity index (χ3n) is 3.39. The second-order valence-electron chi connectivity index (χ2n) is 4.50. The van der Waals surface area contributed by atoms with Gasteiger partial charge in [0.1, 0.15) is 0 Å². The highest BCUT2D eigenvalue weighted by atomic mass is 35.5. The Labute approximate surface area is 119 Å². The van der Waals surface area contributed by atoms with Gasteiger partial charge in [0.2, 0.25) is 0 Å². The lowest BCUT2D eigenvalue weighted by molar-refractivity contribution is 0.0485. The van der Waals surface area contributed by atoms with E-state index in [1.807, 2.05) is 12.3 Å². The second kappa shape index (κ2) is 6.15. The molecule has 0 radical (unpaired) electrons. The number of hydrogen-bond donors (Lipinski definition) is 1. The molecule has 0 saturated carbocycles. The van der Waals surface area contributed by atoms with Crippen molar-refractivity contribution in [3.63, 3.8) is 0 Å². The van der Waals surface area contributed by atoms with Crippen LogP contribution in [0.1, 0.15) is 17.2 Å². The second-order valence-corrected chi connectivity index (χ2v) is 4.50. The Kier molecular flexibility index (Phi) is 4.53. The molecule has 100 valence electrons. The van der Waals surface area contributed by atoms with E-state index in [9.17, 15) is 0 Å². The van der Waals surface area contributed by atoms with Crippen LogP contribution in [0.5, 0.6) is 0 Å². The van der Waals surface area contributed by atoms with E-state index in [1.54, 1.807) is 6.20 Å². The molecule has 4 heteroatoms. The molecule has 1 atom stereocenters. The van der Waals surface area contributed by atoms with Crippen molar-refractivity contribution in [2.45, 2.75) is 12.5 Å². The van der Waals surface area contributed by atoms with Crippen molar-refractivity contribution in [3.8, 4) is 11.1 Å². The molecule has 0 saturated heterocycles. The van der Waals surface area contributed by atoms with E-state index in [2.05, 4.69) is 29.2 Å². The minimum atomic E-state index is 0. The van der Waals surface area contributed by atoms with E-state index < -0.39 is 0 Å². The van der Waals surface area contributed by atoms with Gasteiger partial charge in [0.25, 0.3) is 0 Å². The molecule has 3 rings (SSSR count). The molecule has 0 unspecified atom stereocenters. The highest BCUT2D eigenvalue weighted by Crippen LogP contribution is 2.30. The molecule has 2 aromatic rings. The van der Waals surface area contributed by atoms with Gasteiger partial charge in [0.05, 0.1) is 12.7 Å². The van der Waals surface area contributed by atoms with Crippen LogP contribution in [0.25, 0.3) is 11.1 Å². The average Bonchev–Trinajstić information content (AvgIpc) is 2.47. The molecule has 1 aliphatic heterocycles. The lowest BCUT2D eigenvalue weighted by Crippen LogP contribution is -2.23. The van der Waals surface area contributed by atoms with Gasteiger partial charge in [0.15, 0.2) is 0 Å². The third-order valence-corrected chi connectivity index (χ3v) is 3.39. The summed E-state index contributed by atoms with van der Waals surface area (Å²) in [6, 6.07) is 10.5. The van der Waals surface area contributed by atoms with Crippen LogP contribution in [0.3, 0.4) is 0 Å². The molecule has 2 heterocycles. The summed E-state index contributed by atoms with van der Waals surface area (Å²) < 4.78 is 5.70. The summed E-state index contributed by atoms with van der Waals surface area (Å²) in [4.78, 5) is 4.16. The molecule has 1 aromatic carbocycles. The number of fused-ring (bicyclic) bond motifs is 1. The van der Waals surface area contributed by atoms with Crippen LogP contribution in [0.2, 0.25) is 0 Å². The maximum absolute atomic E-state index is 5.77.